The van der Waals surface area contributed by atoms with Crippen LogP contribution in [0.5, 0.6) is 0 Å². The summed E-state index contributed by atoms with van der Waals surface area (Å²) in [5.41, 5.74) is 7.73. The Morgan fingerprint density at radius 1 is 1.33 bits per heavy atom. The quantitative estimate of drug-likeness (QED) is 0.854. The van der Waals surface area contributed by atoms with Crippen LogP contribution in [-0.2, 0) is 6.54 Å². The van der Waals surface area contributed by atoms with Crippen LogP contribution in [0.25, 0.3) is 0 Å². The highest BCUT2D eigenvalue weighted by atomic mass is 16.1. The Morgan fingerprint density at radius 3 is 2.83 bits per heavy atom. The number of aromatic nitrogens is 2. The van der Waals surface area contributed by atoms with Crippen molar-refractivity contribution in [2.75, 3.05) is 5.32 Å². The van der Waals surface area contributed by atoms with Crippen LogP contribution in [-0.4, -0.2) is 15.9 Å². The molecule has 5 heteroatoms. The zero-order chi connectivity index (χ0) is 13.0. The molecule has 0 saturated heterocycles. The van der Waals surface area contributed by atoms with Gasteiger partial charge in [0.05, 0.1) is 5.69 Å². The second-order valence-electron chi connectivity index (χ2n) is 3.91. The first-order valence-corrected chi connectivity index (χ1v) is 5.58. The van der Waals surface area contributed by atoms with Crippen LogP contribution in [0.3, 0.4) is 0 Å². The molecule has 18 heavy (non-hydrogen) atoms. The largest absolute Gasteiger partial charge is 0.325 e. The van der Waals surface area contributed by atoms with Crippen molar-refractivity contribution in [2.45, 2.75) is 13.5 Å². The highest BCUT2D eigenvalue weighted by molar-refractivity contribution is 6.03. The van der Waals surface area contributed by atoms with Crippen molar-refractivity contribution in [1.82, 2.24) is 9.97 Å². The number of rotatable bonds is 3. The molecule has 0 aromatic carbocycles. The molecule has 0 aliphatic rings. The van der Waals surface area contributed by atoms with Gasteiger partial charge in [0.15, 0.2) is 0 Å². The third-order valence-electron chi connectivity index (χ3n) is 2.44. The van der Waals surface area contributed by atoms with Crippen LogP contribution >= 0.6 is 0 Å². The maximum absolute atomic E-state index is 11.9. The topological polar surface area (TPSA) is 80.9 Å². The third-order valence-corrected chi connectivity index (χ3v) is 2.44. The summed E-state index contributed by atoms with van der Waals surface area (Å²) >= 11 is 0. The SMILES string of the molecule is Cc1ccc(NC(=O)c2ccnc(CN)c2)nc1. The molecule has 2 aromatic rings. The van der Waals surface area contributed by atoms with Crippen LogP contribution in [0, 0.1) is 6.92 Å². The minimum Gasteiger partial charge on any atom is -0.325 e. The van der Waals surface area contributed by atoms with E-state index in [4.69, 9.17) is 5.73 Å². The first-order valence-electron chi connectivity index (χ1n) is 5.58. The van der Waals surface area contributed by atoms with E-state index in [0.29, 0.717) is 23.6 Å². The van der Waals surface area contributed by atoms with Gasteiger partial charge in [-0.2, -0.15) is 0 Å². The second-order valence-corrected chi connectivity index (χ2v) is 3.91. The van der Waals surface area contributed by atoms with Crippen molar-refractivity contribution in [3.8, 4) is 0 Å². The van der Waals surface area contributed by atoms with E-state index in [-0.39, 0.29) is 5.91 Å². The summed E-state index contributed by atoms with van der Waals surface area (Å²) in [6.07, 6.45) is 3.27. The minimum absolute atomic E-state index is 0.219. The molecule has 0 radical (unpaired) electrons. The number of amides is 1. The number of nitrogens with two attached hydrogens (primary N) is 1. The number of carbonyl (C=O) groups is 1. The number of hydrogen-bond donors (Lipinski definition) is 2. The molecule has 0 atom stereocenters. The number of pyridine rings is 2. The molecule has 0 fully saturated rings. The van der Waals surface area contributed by atoms with Gasteiger partial charge in [-0.15, -0.1) is 0 Å². The Balaban J connectivity index is 2.14. The lowest BCUT2D eigenvalue weighted by Crippen LogP contribution is -2.14. The van der Waals surface area contributed by atoms with E-state index in [1.165, 1.54) is 0 Å². The van der Waals surface area contributed by atoms with Crippen molar-refractivity contribution < 1.29 is 4.79 Å². The maximum atomic E-state index is 11.9. The first kappa shape index (κ1) is 12.2. The number of hydrogen-bond acceptors (Lipinski definition) is 4. The van der Waals surface area contributed by atoms with Gasteiger partial charge >= 0.3 is 0 Å². The number of nitrogens with one attached hydrogen (secondary N) is 1. The van der Waals surface area contributed by atoms with Crippen molar-refractivity contribution in [1.29, 1.82) is 0 Å². The summed E-state index contributed by atoms with van der Waals surface area (Å²) in [5.74, 6) is 0.306. The monoisotopic (exact) mass is 242 g/mol. The van der Waals surface area contributed by atoms with Gasteiger partial charge in [-0.1, -0.05) is 6.07 Å². The number of anilines is 1. The van der Waals surface area contributed by atoms with Crippen LogP contribution in [0.1, 0.15) is 21.6 Å². The molecule has 3 N–H and O–H groups in total. The molecule has 2 aromatic heterocycles. The molecule has 92 valence electrons. The van der Waals surface area contributed by atoms with Crippen molar-refractivity contribution in [3.63, 3.8) is 0 Å². The summed E-state index contributed by atoms with van der Waals surface area (Å²) in [4.78, 5) is 20.1. The maximum Gasteiger partial charge on any atom is 0.256 e. The van der Waals surface area contributed by atoms with Crippen molar-refractivity contribution in [3.05, 3.63) is 53.5 Å². The van der Waals surface area contributed by atoms with E-state index in [1.807, 2.05) is 13.0 Å². The molecule has 0 saturated carbocycles. The predicted octanol–water partition coefficient (Wildman–Crippen LogP) is 1.50. The molecular formula is C13H14N4O. The summed E-state index contributed by atoms with van der Waals surface area (Å²) < 4.78 is 0. The standard InChI is InChI=1S/C13H14N4O/c1-9-2-3-12(16-8-9)17-13(18)10-4-5-15-11(6-10)7-14/h2-6,8H,7,14H2,1H3,(H,16,17,18). The van der Waals surface area contributed by atoms with Gasteiger partial charge < -0.3 is 11.1 Å². The normalized spacial score (nSPS) is 10.1. The van der Waals surface area contributed by atoms with Crippen LogP contribution in [0.15, 0.2) is 36.7 Å². The molecule has 0 aliphatic heterocycles. The Labute approximate surface area is 105 Å². The van der Waals surface area contributed by atoms with Gasteiger partial charge in [0.1, 0.15) is 5.82 Å². The average molecular weight is 242 g/mol. The fraction of sp³-hybridized carbons (Fsp3) is 0.154. The van der Waals surface area contributed by atoms with Gasteiger partial charge in [-0.25, -0.2) is 4.98 Å². The van der Waals surface area contributed by atoms with Crippen LogP contribution in [0.2, 0.25) is 0 Å². The van der Waals surface area contributed by atoms with E-state index in [0.717, 1.165) is 5.56 Å². The summed E-state index contributed by atoms with van der Waals surface area (Å²) in [6, 6.07) is 6.96. The second kappa shape index (κ2) is 5.37. The molecular weight excluding hydrogens is 228 g/mol. The highest BCUT2D eigenvalue weighted by Crippen LogP contribution is 2.08. The van der Waals surface area contributed by atoms with E-state index in [2.05, 4.69) is 15.3 Å². The lowest BCUT2D eigenvalue weighted by molar-refractivity contribution is 0.102. The van der Waals surface area contributed by atoms with Crippen molar-refractivity contribution in [2.24, 2.45) is 5.73 Å². The Morgan fingerprint density at radius 2 is 2.17 bits per heavy atom. The van der Waals surface area contributed by atoms with E-state index in [1.54, 1.807) is 30.6 Å². The van der Waals surface area contributed by atoms with Crippen LogP contribution in [0.4, 0.5) is 5.82 Å². The molecule has 1 amide bonds. The summed E-state index contributed by atoms with van der Waals surface area (Å²) in [6.45, 7) is 2.25. The molecule has 0 spiro atoms. The predicted molar refractivity (Wildman–Crippen MR) is 69.1 cm³/mol. The lowest BCUT2D eigenvalue weighted by Gasteiger charge is -2.05. The average Bonchev–Trinajstić information content (AvgIpc) is 2.41. The molecule has 2 heterocycles. The fourth-order valence-electron chi connectivity index (χ4n) is 1.46. The molecule has 5 nitrogen and oxygen atoms in total. The number of carbonyl (C=O) groups excluding carboxylic acids is 1. The van der Waals surface area contributed by atoms with E-state index >= 15 is 0 Å². The minimum atomic E-state index is -0.219. The van der Waals surface area contributed by atoms with Gasteiger partial charge in [-0.05, 0) is 30.7 Å². The summed E-state index contributed by atoms with van der Waals surface area (Å²) in [7, 11) is 0. The fourth-order valence-corrected chi connectivity index (χ4v) is 1.46. The zero-order valence-corrected chi connectivity index (χ0v) is 10.1. The molecule has 2 rings (SSSR count). The smallest absolute Gasteiger partial charge is 0.256 e. The lowest BCUT2D eigenvalue weighted by atomic mass is 10.2. The van der Waals surface area contributed by atoms with Gasteiger partial charge in [0.25, 0.3) is 5.91 Å². The Hall–Kier alpha value is -2.27. The van der Waals surface area contributed by atoms with Gasteiger partial charge in [0, 0.05) is 24.5 Å². The summed E-state index contributed by atoms with van der Waals surface area (Å²) in [5, 5.41) is 2.72. The van der Waals surface area contributed by atoms with Crippen molar-refractivity contribution >= 4 is 11.7 Å². The van der Waals surface area contributed by atoms with Gasteiger partial charge in [0.2, 0.25) is 0 Å². The number of aryl methyl sites for hydroxylation is 1. The van der Waals surface area contributed by atoms with Crippen LogP contribution < -0.4 is 11.1 Å². The zero-order valence-electron chi connectivity index (χ0n) is 10.1. The Kier molecular flexibility index (Phi) is 3.64. The number of nitrogens with zero attached hydrogens (tertiary/aromatic N) is 2. The third kappa shape index (κ3) is 2.89. The molecule has 0 aliphatic carbocycles. The Bertz CT molecular complexity index is 551. The van der Waals surface area contributed by atoms with Gasteiger partial charge in [-0.3, -0.25) is 9.78 Å². The first-order chi connectivity index (χ1) is 8.69. The van der Waals surface area contributed by atoms with E-state index < -0.39 is 0 Å². The molecule has 0 unspecified atom stereocenters. The highest BCUT2D eigenvalue weighted by Gasteiger charge is 2.07. The van der Waals surface area contributed by atoms with E-state index in [9.17, 15) is 4.79 Å². The molecule has 0 bridgehead atoms.